The first kappa shape index (κ1) is 58.1. The van der Waals surface area contributed by atoms with E-state index < -0.39 is 107 Å². The summed E-state index contributed by atoms with van der Waals surface area (Å²) in [5, 5.41) is 20.7. The van der Waals surface area contributed by atoms with Crippen LogP contribution in [-0.4, -0.2) is 127 Å². The highest BCUT2D eigenvalue weighted by molar-refractivity contribution is 7.86. The summed E-state index contributed by atoms with van der Waals surface area (Å²) < 4.78 is 136. The molecule has 13 N–H and O–H groups in total. The molecule has 2 aromatic carbocycles. The zero-order valence-corrected chi connectivity index (χ0v) is 44.1. The fourth-order valence-electron chi connectivity index (χ4n) is 8.25. The van der Waals surface area contributed by atoms with Crippen LogP contribution in [-0.2, 0) is 56.6 Å². The maximum atomic E-state index is 14.0. The molecule has 76 heavy (non-hydrogen) atoms. The van der Waals surface area contributed by atoms with E-state index in [1.807, 2.05) is 5.09 Å². The number of aromatic nitrogens is 4. The Morgan fingerprint density at radius 2 is 1.63 bits per heavy atom. The number of rotatable bonds is 24. The topological polar surface area (TPSA) is 476 Å². The molecular formula is C41H51N10O20P3S2. The number of carbonyl (C=O) groups excluding carboxylic acids is 2. The number of phosphoric acid groups is 2. The van der Waals surface area contributed by atoms with Gasteiger partial charge >= 0.3 is 33.5 Å². The lowest BCUT2D eigenvalue weighted by atomic mass is 9.90. The summed E-state index contributed by atoms with van der Waals surface area (Å²) in [5.41, 5.74) is 11.3. The Bertz CT molecular complexity index is 3610. The third-order valence-electron chi connectivity index (χ3n) is 11.7. The van der Waals surface area contributed by atoms with Gasteiger partial charge in [-0.2, -0.15) is 17.0 Å². The van der Waals surface area contributed by atoms with Crippen LogP contribution in [0.2, 0.25) is 0 Å². The Kier molecular flexibility index (Phi) is 17.7. The quantitative estimate of drug-likeness (QED) is 0.0133. The Morgan fingerprint density at radius 1 is 0.921 bits per heavy atom. The molecule has 30 nitrogen and oxygen atoms in total. The number of hydrogen-bond acceptors (Lipinski definition) is 21. The van der Waals surface area contributed by atoms with Gasteiger partial charge in [0.05, 0.1) is 24.7 Å². The number of amides is 2. The Labute approximate surface area is 431 Å². The smallest absolute Gasteiger partial charge is 0.489 e. The normalized spacial score (nSPS) is 18.6. The first-order chi connectivity index (χ1) is 35.6. The van der Waals surface area contributed by atoms with Crippen molar-refractivity contribution >= 4 is 89.1 Å². The number of nitrogens with two attached hydrogens (primary N) is 3. The molecule has 35 heteroatoms. The number of phosphoric ester groups is 1. The number of imidazole rings is 1. The Morgan fingerprint density at radius 3 is 2.34 bits per heavy atom. The number of nitrogens with one attached hydrogen (secondary N) is 2. The number of nitrogen functional groups attached to an aromatic ring is 2. The van der Waals surface area contributed by atoms with Crippen molar-refractivity contribution in [3.8, 4) is 22.5 Å². The van der Waals surface area contributed by atoms with Crippen molar-refractivity contribution in [1.29, 1.82) is 0 Å². The minimum atomic E-state index is -5.72. The van der Waals surface area contributed by atoms with Gasteiger partial charge in [0.2, 0.25) is 16.2 Å². The van der Waals surface area contributed by atoms with Crippen LogP contribution in [0.4, 0.5) is 11.5 Å². The molecule has 0 radical (unpaired) electrons. The first-order valence-electron chi connectivity index (χ1n) is 22.6. The zero-order chi connectivity index (χ0) is 55.5. The minimum Gasteiger partial charge on any atom is -0.744 e. The van der Waals surface area contributed by atoms with Crippen LogP contribution in [0, 0.1) is 0 Å². The van der Waals surface area contributed by atoms with E-state index in [1.54, 1.807) is 12.1 Å². The molecule has 6 atom stereocenters. The largest absolute Gasteiger partial charge is 0.744 e. The van der Waals surface area contributed by atoms with Crippen LogP contribution in [0.25, 0.3) is 44.6 Å². The van der Waals surface area contributed by atoms with Crippen LogP contribution in [0.3, 0.4) is 0 Å². The van der Waals surface area contributed by atoms with Crippen molar-refractivity contribution < 1.29 is 96.7 Å². The first-order valence-corrected chi connectivity index (χ1v) is 30.0. The summed E-state index contributed by atoms with van der Waals surface area (Å²) in [5.74, 6) is -1.43. The lowest BCUT2D eigenvalue weighted by Crippen LogP contribution is -2.47. The van der Waals surface area contributed by atoms with E-state index in [4.69, 9.17) is 30.6 Å². The molecule has 2 aliphatic heterocycles. The molecule has 0 bridgehead atoms. The van der Waals surface area contributed by atoms with Crippen molar-refractivity contribution in [1.82, 2.24) is 34.8 Å². The van der Waals surface area contributed by atoms with Gasteiger partial charge in [0, 0.05) is 67.7 Å². The molecule has 1 aliphatic carbocycles. The number of carbonyl (C=O) groups is 2. The lowest BCUT2D eigenvalue weighted by Gasteiger charge is -2.23. The number of nitrogens with zero attached hydrogens (tertiary/aromatic N) is 5. The predicted molar refractivity (Wildman–Crippen MR) is 263 cm³/mol. The summed E-state index contributed by atoms with van der Waals surface area (Å²) in [4.78, 5) is 68.3. The lowest BCUT2D eigenvalue weighted by molar-refractivity contribution is -0.176. The summed E-state index contributed by atoms with van der Waals surface area (Å²) in [6.45, 7) is -0.717. The molecule has 0 saturated carbocycles. The SMILES string of the molecule is CN(CCCC(=O)NCCCCCCNP(=O)(O)OP(=O)(O)OP(=O)(O)OC[C@H]1O[C@@H](n2cnc3c(N)ncnc32)C[C@@H]1O)C(=O)c1ccccc1-c1c2ccc(=[NH2+])c(S(=O)(=O)O)c-2oc2c(S(=O)(=O)[O-])c(N)ccc12. The molecular weight excluding hydrogens is 1110 g/mol. The number of fused-ring (bicyclic) bond motifs is 3. The predicted octanol–water partition coefficient (Wildman–Crippen LogP) is 1.14. The van der Waals surface area contributed by atoms with Crippen molar-refractivity contribution in [2.75, 3.05) is 44.8 Å². The van der Waals surface area contributed by atoms with Crippen molar-refractivity contribution in [2.24, 2.45) is 0 Å². The molecule has 3 aliphatic rings. The van der Waals surface area contributed by atoms with Crippen LogP contribution < -0.4 is 32.6 Å². The summed E-state index contributed by atoms with van der Waals surface area (Å²) in [6.07, 6.45) is 1.03. The van der Waals surface area contributed by atoms with Gasteiger partial charge in [0.25, 0.3) is 5.91 Å². The number of benzene rings is 3. The molecule has 0 spiro atoms. The van der Waals surface area contributed by atoms with Crippen LogP contribution in [0.5, 0.6) is 0 Å². The standard InChI is InChI=1S/C41H51N10O20P3S2/c1-50(41(54)24-10-5-4-9-23(24)33-25-12-14-27(42)37(75(61,62)63)35(25)69-36-26(33)13-15-28(43)38(36)76(64,65)66)18-8-11-31(53)45-16-6-2-3-7-17-49-72(55,56)70-74(59,60)71-73(57,58)67-20-30-29(52)19-32(68-30)51-22-48-34-39(44)46-21-47-40(34)51/h4-5,9-10,12-15,21-22,29-30,32,42,52H,2-3,6-8,11,16-20,43H2,1H3,(H,45,53)(H,57,58)(H,59,60)(H2,44,46,47)(H2,49,55,56)(H,61,62,63)(H,64,65,66)/t29-,30+,32+/m0/s1. The van der Waals surface area contributed by atoms with Gasteiger partial charge in [0.1, 0.15) is 39.2 Å². The highest BCUT2D eigenvalue weighted by atomic mass is 32.2. The van der Waals surface area contributed by atoms with Crippen molar-refractivity contribution in [2.45, 2.75) is 73.2 Å². The summed E-state index contributed by atoms with van der Waals surface area (Å²) >= 11 is 0. The maximum absolute atomic E-state index is 14.0. The highest BCUT2D eigenvalue weighted by Crippen LogP contribution is 2.66. The van der Waals surface area contributed by atoms with E-state index in [-0.39, 0.29) is 95.8 Å². The fraction of sp³-hybridized carbons (Fsp3) is 0.366. The number of aliphatic hydroxyl groups excluding tert-OH is 1. The van der Waals surface area contributed by atoms with Crippen LogP contribution >= 0.6 is 23.4 Å². The molecule has 3 unspecified atom stereocenters. The number of hydrogen-bond donors (Lipinski definition) is 10. The molecule has 4 aromatic rings. The van der Waals surface area contributed by atoms with Gasteiger partial charge in [-0.25, -0.2) is 42.2 Å². The van der Waals surface area contributed by atoms with Crippen molar-refractivity contribution in [3.05, 3.63) is 72.1 Å². The average molecular weight is 1160 g/mol. The third-order valence-corrected chi connectivity index (χ3v) is 18.0. The van der Waals surface area contributed by atoms with E-state index in [1.165, 1.54) is 53.4 Å². The summed E-state index contributed by atoms with van der Waals surface area (Å²) in [6, 6.07) is 11.0. The van der Waals surface area contributed by atoms with Gasteiger partial charge < -0.3 is 55.2 Å². The van der Waals surface area contributed by atoms with E-state index in [9.17, 15) is 69.0 Å². The molecule has 7 rings (SSSR count). The second kappa shape index (κ2) is 23.1. The molecule has 2 aromatic heterocycles. The van der Waals surface area contributed by atoms with Gasteiger partial charge in [-0.15, -0.1) is 0 Å². The molecule has 1 fully saturated rings. The average Bonchev–Trinajstić information content (AvgIpc) is 3.94. The van der Waals surface area contributed by atoms with E-state index >= 15 is 0 Å². The molecule has 412 valence electrons. The molecule has 1 saturated heterocycles. The van der Waals surface area contributed by atoms with E-state index in [2.05, 4.69) is 28.9 Å². The second-order valence-electron chi connectivity index (χ2n) is 17.1. The third kappa shape index (κ3) is 13.7. The zero-order valence-electron chi connectivity index (χ0n) is 39.8. The van der Waals surface area contributed by atoms with Gasteiger partial charge in [-0.05, 0) is 49.1 Å². The fourth-order valence-corrected chi connectivity index (χ4v) is 13.5. The van der Waals surface area contributed by atoms with Crippen LogP contribution in [0.15, 0.2) is 75.4 Å². The Balaban J connectivity index is 0.835. The highest BCUT2D eigenvalue weighted by Gasteiger charge is 2.43. The number of unbranched alkanes of at least 4 members (excludes halogenated alkanes) is 3. The maximum Gasteiger partial charge on any atom is 0.489 e. The number of aliphatic hydroxyl groups is 1. The Hall–Kier alpha value is -5.63. The minimum absolute atomic E-state index is 0.00468. The van der Waals surface area contributed by atoms with Crippen molar-refractivity contribution in [3.63, 3.8) is 0 Å². The van der Waals surface area contributed by atoms with E-state index in [0.717, 1.165) is 12.1 Å². The summed E-state index contributed by atoms with van der Waals surface area (Å²) in [7, 11) is -25.3. The molecule has 2 amide bonds. The van der Waals surface area contributed by atoms with E-state index in [0.29, 0.717) is 19.3 Å². The van der Waals surface area contributed by atoms with Gasteiger partial charge in [-0.3, -0.25) is 28.6 Å². The number of ether oxygens (including phenoxy) is 1. The number of anilines is 2. The van der Waals surface area contributed by atoms with Crippen LogP contribution in [0.1, 0.15) is 61.5 Å². The van der Waals surface area contributed by atoms with Gasteiger partial charge in [-0.1, -0.05) is 31.0 Å². The second-order valence-corrected chi connectivity index (χ2v) is 24.6. The molecule has 4 heterocycles. The van der Waals surface area contributed by atoms with Gasteiger partial charge in [0.15, 0.2) is 22.8 Å². The monoisotopic (exact) mass is 1160 g/mol.